The standard InChI is InChI=1S/C31H31FN5O/c1-34-14-16-35(17-15-34)31(38)29-21-37(2,20-28(29)27-9-5-7-24-6-3-4-8-26(24)27)30-18-33-22-36(30)19-23-10-12-25(32)13-11-23/h3-13,18,20-22H,14-17,19H2,1-2H3/q+1. The van der Waals surface area contributed by atoms with Crippen LogP contribution in [0, 0.1) is 5.82 Å². The van der Waals surface area contributed by atoms with Crippen molar-refractivity contribution in [1.82, 2.24) is 23.8 Å². The van der Waals surface area contributed by atoms with Gasteiger partial charge >= 0.3 is 0 Å². The van der Waals surface area contributed by atoms with Crippen LogP contribution in [-0.4, -0.2) is 65.5 Å². The molecule has 1 unspecified atom stereocenters. The number of halogens is 1. The van der Waals surface area contributed by atoms with Crippen LogP contribution in [-0.2, 0) is 11.3 Å². The maximum absolute atomic E-state index is 14.0. The Balaban J connectivity index is 1.45. The van der Waals surface area contributed by atoms with Crippen molar-refractivity contribution in [3.05, 3.63) is 114 Å². The molecule has 4 aromatic rings. The first-order valence-electron chi connectivity index (χ1n) is 12.9. The fraction of sp³-hybridized carbons (Fsp3) is 0.226. The molecule has 1 atom stereocenters. The highest BCUT2D eigenvalue weighted by molar-refractivity contribution is 6.14. The number of amides is 1. The molecule has 0 aliphatic carbocycles. The second-order valence-electron chi connectivity index (χ2n) is 10.4. The van der Waals surface area contributed by atoms with Gasteiger partial charge in [0.25, 0.3) is 5.91 Å². The van der Waals surface area contributed by atoms with E-state index >= 15 is 0 Å². The molecule has 0 spiro atoms. The molecule has 6 rings (SSSR count). The highest BCUT2D eigenvalue weighted by Crippen LogP contribution is 2.40. The maximum atomic E-state index is 14.0. The van der Waals surface area contributed by atoms with Crippen molar-refractivity contribution in [3.63, 3.8) is 0 Å². The van der Waals surface area contributed by atoms with Crippen LogP contribution in [0.5, 0.6) is 0 Å². The molecule has 0 bridgehead atoms. The minimum absolute atomic E-state index is 0.0590. The van der Waals surface area contributed by atoms with Gasteiger partial charge in [0.2, 0.25) is 5.82 Å². The average molecular weight is 509 g/mol. The van der Waals surface area contributed by atoms with Crippen molar-refractivity contribution < 1.29 is 9.18 Å². The number of carbonyl (C=O) groups is 1. The highest BCUT2D eigenvalue weighted by Gasteiger charge is 2.39. The predicted octanol–water partition coefficient (Wildman–Crippen LogP) is 4.87. The molecule has 38 heavy (non-hydrogen) atoms. The van der Waals surface area contributed by atoms with Crippen molar-refractivity contribution in [1.29, 1.82) is 0 Å². The zero-order chi connectivity index (χ0) is 26.3. The fourth-order valence-electron chi connectivity index (χ4n) is 5.49. The molecule has 2 aliphatic rings. The van der Waals surface area contributed by atoms with E-state index in [0.29, 0.717) is 29.7 Å². The van der Waals surface area contributed by atoms with Crippen LogP contribution in [0.3, 0.4) is 0 Å². The van der Waals surface area contributed by atoms with Gasteiger partial charge in [-0.2, -0.15) is 0 Å². The molecular weight excluding hydrogens is 477 g/mol. The number of imidazole rings is 1. The molecule has 2 aliphatic heterocycles. The first-order chi connectivity index (χ1) is 18.4. The van der Waals surface area contributed by atoms with E-state index in [2.05, 4.69) is 71.3 Å². The Bertz CT molecular complexity index is 1560. The molecule has 6 nitrogen and oxygen atoms in total. The van der Waals surface area contributed by atoms with Crippen LogP contribution in [0.25, 0.3) is 16.3 Å². The third-order valence-electron chi connectivity index (χ3n) is 7.64. The lowest BCUT2D eigenvalue weighted by Crippen LogP contribution is -2.47. The average Bonchev–Trinajstić information content (AvgIpc) is 3.55. The van der Waals surface area contributed by atoms with E-state index in [1.165, 1.54) is 12.1 Å². The Morgan fingerprint density at radius 1 is 0.947 bits per heavy atom. The molecule has 3 heterocycles. The summed E-state index contributed by atoms with van der Waals surface area (Å²) < 4.78 is 15.8. The van der Waals surface area contributed by atoms with E-state index in [9.17, 15) is 9.18 Å². The number of quaternary nitrogens is 1. The summed E-state index contributed by atoms with van der Waals surface area (Å²) in [5.41, 5.74) is 3.67. The fourth-order valence-corrected chi connectivity index (χ4v) is 5.49. The summed E-state index contributed by atoms with van der Waals surface area (Å²) in [5, 5.41) is 2.26. The summed E-state index contributed by atoms with van der Waals surface area (Å²) in [5.74, 6) is 0.729. The Hall–Kier alpha value is -4.07. The van der Waals surface area contributed by atoms with Gasteiger partial charge < -0.3 is 9.80 Å². The smallest absolute Gasteiger partial charge is 0.260 e. The Morgan fingerprint density at radius 3 is 2.47 bits per heavy atom. The molecule has 1 fully saturated rings. The van der Waals surface area contributed by atoms with Crippen molar-refractivity contribution in [2.75, 3.05) is 40.3 Å². The second kappa shape index (κ2) is 9.67. The van der Waals surface area contributed by atoms with Gasteiger partial charge in [0.1, 0.15) is 30.0 Å². The summed E-state index contributed by atoms with van der Waals surface area (Å²) in [6, 6.07) is 21.1. The Morgan fingerprint density at radius 2 is 1.68 bits per heavy atom. The Labute approximate surface area is 222 Å². The number of benzene rings is 3. The molecule has 7 heteroatoms. The first-order valence-corrected chi connectivity index (χ1v) is 12.9. The van der Waals surface area contributed by atoms with E-state index in [0.717, 1.165) is 46.4 Å². The molecule has 1 saturated heterocycles. The summed E-state index contributed by atoms with van der Waals surface area (Å²) in [7, 11) is 4.17. The SMILES string of the molecule is CN1CCN(C(=O)C2=C[N+](C)(c3cncn3Cc3ccc(F)cc3)C=C2c2cccc3ccccc23)CC1. The van der Waals surface area contributed by atoms with Gasteiger partial charge in [-0.05, 0) is 41.1 Å². The lowest BCUT2D eigenvalue weighted by atomic mass is 9.94. The second-order valence-corrected chi connectivity index (χ2v) is 10.4. The third kappa shape index (κ3) is 4.44. The topological polar surface area (TPSA) is 41.4 Å². The van der Waals surface area contributed by atoms with Crippen molar-refractivity contribution in [2.45, 2.75) is 6.54 Å². The van der Waals surface area contributed by atoms with Crippen LogP contribution >= 0.6 is 0 Å². The van der Waals surface area contributed by atoms with Gasteiger partial charge in [0.15, 0.2) is 0 Å². The number of piperazine rings is 1. The number of fused-ring (bicyclic) bond motifs is 1. The van der Waals surface area contributed by atoms with Crippen molar-refractivity contribution in [3.8, 4) is 0 Å². The van der Waals surface area contributed by atoms with Gasteiger partial charge in [0, 0.05) is 26.2 Å². The normalized spacial score (nSPS) is 20.0. The van der Waals surface area contributed by atoms with Crippen LogP contribution in [0.15, 0.2) is 97.2 Å². The van der Waals surface area contributed by atoms with E-state index in [-0.39, 0.29) is 11.7 Å². The largest absolute Gasteiger partial charge is 0.336 e. The molecule has 0 N–H and O–H groups in total. The third-order valence-corrected chi connectivity index (χ3v) is 7.64. The first kappa shape index (κ1) is 24.3. The van der Waals surface area contributed by atoms with E-state index < -0.39 is 0 Å². The molecule has 1 aromatic heterocycles. The highest BCUT2D eigenvalue weighted by atomic mass is 19.1. The van der Waals surface area contributed by atoms with Gasteiger partial charge in [-0.3, -0.25) is 9.36 Å². The van der Waals surface area contributed by atoms with Gasteiger partial charge in [-0.1, -0.05) is 54.6 Å². The number of rotatable bonds is 5. The summed E-state index contributed by atoms with van der Waals surface area (Å²) in [6.07, 6.45) is 7.85. The number of likely N-dealkylation sites (N-methyl/N-ethyl adjacent to an activating group) is 1. The molecular formula is C31H31FN5O+. The van der Waals surface area contributed by atoms with E-state index in [1.807, 2.05) is 23.2 Å². The van der Waals surface area contributed by atoms with Crippen molar-refractivity contribution >= 4 is 28.1 Å². The zero-order valence-electron chi connectivity index (χ0n) is 21.7. The molecule has 0 saturated carbocycles. The van der Waals surface area contributed by atoms with Crippen LogP contribution in [0.1, 0.15) is 11.1 Å². The molecule has 1 amide bonds. The maximum Gasteiger partial charge on any atom is 0.260 e. The van der Waals surface area contributed by atoms with Gasteiger partial charge in [0.05, 0.1) is 25.5 Å². The van der Waals surface area contributed by atoms with Crippen LogP contribution in [0.2, 0.25) is 0 Å². The Kier molecular flexibility index (Phi) is 6.18. The molecule has 192 valence electrons. The zero-order valence-corrected chi connectivity index (χ0v) is 21.7. The lowest BCUT2D eigenvalue weighted by Gasteiger charge is -2.32. The molecule has 3 aromatic carbocycles. The predicted molar refractivity (Wildman–Crippen MR) is 150 cm³/mol. The van der Waals surface area contributed by atoms with Gasteiger partial charge in [-0.25, -0.2) is 13.9 Å². The summed E-state index contributed by atoms with van der Waals surface area (Å²) in [4.78, 5) is 22.7. The van der Waals surface area contributed by atoms with Crippen LogP contribution < -0.4 is 4.48 Å². The van der Waals surface area contributed by atoms with E-state index in [4.69, 9.17) is 0 Å². The minimum Gasteiger partial charge on any atom is -0.336 e. The lowest BCUT2D eigenvalue weighted by molar-refractivity contribution is -0.128. The molecule has 0 radical (unpaired) electrons. The number of carbonyl (C=O) groups excluding carboxylic acids is 1. The minimum atomic E-state index is -0.254. The monoisotopic (exact) mass is 508 g/mol. The van der Waals surface area contributed by atoms with E-state index in [1.54, 1.807) is 18.5 Å². The summed E-state index contributed by atoms with van der Waals surface area (Å²) >= 11 is 0. The number of nitrogens with zero attached hydrogens (tertiary/aromatic N) is 5. The number of aromatic nitrogens is 2. The number of hydrogen-bond donors (Lipinski definition) is 0. The van der Waals surface area contributed by atoms with Gasteiger partial charge in [-0.15, -0.1) is 0 Å². The van der Waals surface area contributed by atoms with Crippen molar-refractivity contribution in [2.24, 2.45) is 0 Å². The quantitative estimate of drug-likeness (QED) is 0.361. The van der Waals surface area contributed by atoms with Crippen LogP contribution in [0.4, 0.5) is 10.2 Å². The number of hydrogen-bond acceptors (Lipinski definition) is 3. The summed E-state index contributed by atoms with van der Waals surface area (Å²) in [6.45, 7) is 3.70.